The number of hydrogen-bond donors (Lipinski definition) is 1. The molecule has 0 radical (unpaired) electrons. The quantitative estimate of drug-likeness (QED) is 0.715. The van der Waals surface area contributed by atoms with Gasteiger partial charge in [0.1, 0.15) is 0 Å². The summed E-state index contributed by atoms with van der Waals surface area (Å²) in [7, 11) is 0. The first kappa shape index (κ1) is 13.4. The molecule has 0 aromatic carbocycles. The molecule has 4 nitrogen and oxygen atoms in total. The number of aliphatic carboxylic acids is 1. The Labute approximate surface area is 85.2 Å². The third-order valence-corrected chi connectivity index (χ3v) is 1.56. The molecule has 0 spiro atoms. The highest BCUT2D eigenvalue weighted by Gasteiger charge is 2.18. The van der Waals surface area contributed by atoms with Crippen molar-refractivity contribution in [1.29, 1.82) is 0 Å². The summed E-state index contributed by atoms with van der Waals surface area (Å²) in [6, 6.07) is 0. The van der Waals surface area contributed by atoms with E-state index in [1.807, 2.05) is 20.8 Å². The summed E-state index contributed by atoms with van der Waals surface area (Å²) < 4.78 is 10.5. The molecule has 0 saturated heterocycles. The lowest BCUT2D eigenvalue weighted by atomic mass is 10.2. The van der Waals surface area contributed by atoms with Crippen LogP contribution in [0.25, 0.3) is 0 Å². The van der Waals surface area contributed by atoms with Crippen molar-refractivity contribution in [1.82, 2.24) is 0 Å². The topological polar surface area (TPSA) is 55.8 Å². The van der Waals surface area contributed by atoms with E-state index in [0.717, 1.165) is 0 Å². The first-order valence-corrected chi connectivity index (χ1v) is 4.85. The summed E-state index contributed by atoms with van der Waals surface area (Å²) in [6.45, 7) is 8.39. The average Bonchev–Trinajstić information content (AvgIpc) is 2.00. The molecule has 0 saturated carbocycles. The van der Waals surface area contributed by atoms with Crippen molar-refractivity contribution in [3.8, 4) is 0 Å². The summed E-state index contributed by atoms with van der Waals surface area (Å²) in [6.07, 6.45) is -0.358. The highest BCUT2D eigenvalue weighted by Crippen LogP contribution is 2.09. The van der Waals surface area contributed by atoms with Gasteiger partial charge in [0.25, 0.3) is 0 Å². The molecule has 1 unspecified atom stereocenters. The standard InChI is InChI=1S/C10H20O4/c1-5-13-8(9(11)12)6-7-14-10(2,3)4/h8H,5-7H2,1-4H3,(H,11,12). The van der Waals surface area contributed by atoms with Crippen LogP contribution < -0.4 is 0 Å². The summed E-state index contributed by atoms with van der Waals surface area (Å²) in [5.41, 5.74) is -0.227. The zero-order chi connectivity index (χ0) is 11.2. The second kappa shape index (κ2) is 5.98. The monoisotopic (exact) mass is 204 g/mol. The number of hydrogen-bond acceptors (Lipinski definition) is 3. The molecule has 0 aliphatic rings. The largest absolute Gasteiger partial charge is 0.479 e. The van der Waals surface area contributed by atoms with Gasteiger partial charge in [-0.25, -0.2) is 4.79 Å². The Morgan fingerprint density at radius 2 is 2.00 bits per heavy atom. The molecule has 1 N–H and O–H groups in total. The molecule has 0 aliphatic carbocycles. The molecule has 0 heterocycles. The molecule has 0 aromatic rings. The van der Waals surface area contributed by atoms with E-state index in [4.69, 9.17) is 14.6 Å². The minimum Gasteiger partial charge on any atom is -0.479 e. The van der Waals surface area contributed by atoms with Crippen LogP contribution in [0.2, 0.25) is 0 Å². The lowest BCUT2D eigenvalue weighted by Gasteiger charge is -2.21. The van der Waals surface area contributed by atoms with E-state index in [1.165, 1.54) is 0 Å². The number of rotatable bonds is 6. The Bertz CT molecular complexity index is 171. The van der Waals surface area contributed by atoms with Crippen LogP contribution in [0.1, 0.15) is 34.1 Å². The minimum absolute atomic E-state index is 0.227. The molecular formula is C10H20O4. The van der Waals surface area contributed by atoms with Gasteiger partial charge < -0.3 is 14.6 Å². The van der Waals surface area contributed by atoms with E-state index < -0.39 is 12.1 Å². The Morgan fingerprint density at radius 3 is 2.36 bits per heavy atom. The van der Waals surface area contributed by atoms with E-state index in [1.54, 1.807) is 6.92 Å². The van der Waals surface area contributed by atoms with Gasteiger partial charge in [-0.1, -0.05) is 0 Å². The second-order valence-corrected chi connectivity index (χ2v) is 4.03. The molecule has 0 bridgehead atoms. The number of carbonyl (C=O) groups is 1. The van der Waals surface area contributed by atoms with Crippen LogP contribution >= 0.6 is 0 Å². The van der Waals surface area contributed by atoms with Gasteiger partial charge in [-0.3, -0.25) is 0 Å². The maximum Gasteiger partial charge on any atom is 0.332 e. The number of carboxylic acid groups (broad SMARTS) is 1. The molecule has 1 atom stereocenters. The van der Waals surface area contributed by atoms with Crippen LogP contribution in [-0.2, 0) is 14.3 Å². The smallest absolute Gasteiger partial charge is 0.332 e. The fraction of sp³-hybridized carbons (Fsp3) is 0.900. The fourth-order valence-electron chi connectivity index (χ4n) is 0.951. The van der Waals surface area contributed by atoms with Crippen molar-refractivity contribution >= 4 is 5.97 Å². The van der Waals surface area contributed by atoms with Gasteiger partial charge >= 0.3 is 5.97 Å². The SMILES string of the molecule is CCOC(CCOC(C)(C)C)C(=O)O. The van der Waals surface area contributed by atoms with Gasteiger partial charge in [0.2, 0.25) is 0 Å². The zero-order valence-corrected chi connectivity index (χ0v) is 9.37. The lowest BCUT2D eigenvalue weighted by molar-refractivity contribution is -0.152. The molecule has 4 heteroatoms. The van der Waals surface area contributed by atoms with Crippen molar-refractivity contribution < 1.29 is 19.4 Å². The molecule has 84 valence electrons. The maximum absolute atomic E-state index is 10.7. The minimum atomic E-state index is -0.927. The second-order valence-electron chi connectivity index (χ2n) is 4.03. The van der Waals surface area contributed by atoms with E-state index in [2.05, 4.69) is 0 Å². The third kappa shape index (κ3) is 6.86. The van der Waals surface area contributed by atoms with E-state index in [9.17, 15) is 4.79 Å². The van der Waals surface area contributed by atoms with Crippen LogP contribution in [0.5, 0.6) is 0 Å². The summed E-state index contributed by atoms with van der Waals surface area (Å²) in [5, 5.41) is 8.75. The van der Waals surface area contributed by atoms with Gasteiger partial charge in [-0.2, -0.15) is 0 Å². The van der Waals surface area contributed by atoms with E-state index in [0.29, 0.717) is 19.6 Å². The molecule has 0 fully saturated rings. The first-order valence-electron chi connectivity index (χ1n) is 4.85. The summed E-state index contributed by atoms with van der Waals surface area (Å²) in [5.74, 6) is -0.927. The molecular weight excluding hydrogens is 184 g/mol. The van der Waals surface area contributed by atoms with Crippen LogP contribution in [0.15, 0.2) is 0 Å². The Balaban J connectivity index is 3.77. The van der Waals surface area contributed by atoms with E-state index >= 15 is 0 Å². The Morgan fingerprint density at radius 1 is 1.43 bits per heavy atom. The van der Waals surface area contributed by atoms with Gasteiger partial charge in [0.05, 0.1) is 12.2 Å². The van der Waals surface area contributed by atoms with Crippen LogP contribution in [0, 0.1) is 0 Å². The molecule has 0 aliphatic heterocycles. The molecule has 0 rings (SSSR count). The normalized spacial score (nSPS) is 14.0. The van der Waals surface area contributed by atoms with Crippen molar-refractivity contribution in [2.45, 2.75) is 45.8 Å². The highest BCUT2D eigenvalue weighted by atomic mass is 16.5. The number of ether oxygens (including phenoxy) is 2. The van der Waals surface area contributed by atoms with Crippen molar-refractivity contribution in [2.75, 3.05) is 13.2 Å². The highest BCUT2D eigenvalue weighted by molar-refractivity contribution is 5.72. The van der Waals surface area contributed by atoms with Crippen molar-refractivity contribution in [3.05, 3.63) is 0 Å². The predicted octanol–water partition coefficient (Wildman–Crippen LogP) is 1.68. The van der Waals surface area contributed by atoms with Gasteiger partial charge in [-0.15, -0.1) is 0 Å². The zero-order valence-electron chi connectivity index (χ0n) is 9.37. The summed E-state index contributed by atoms with van der Waals surface area (Å²) >= 11 is 0. The van der Waals surface area contributed by atoms with Crippen molar-refractivity contribution in [3.63, 3.8) is 0 Å². The van der Waals surface area contributed by atoms with Crippen LogP contribution in [0.4, 0.5) is 0 Å². The predicted molar refractivity (Wildman–Crippen MR) is 53.4 cm³/mol. The van der Waals surface area contributed by atoms with Crippen LogP contribution in [-0.4, -0.2) is 36.0 Å². The first-order chi connectivity index (χ1) is 6.37. The average molecular weight is 204 g/mol. The van der Waals surface area contributed by atoms with E-state index in [-0.39, 0.29) is 5.60 Å². The number of carboxylic acids is 1. The third-order valence-electron chi connectivity index (χ3n) is 1.56. The summed E-state index contributed by atoms with van der Waals surface area (Å²) in [4.78, 5) is 10.7. The van der Waals surface area contributed by atoms with Crippen molar-refractivity contribution in [2.24, 2.45) is 0 Å². The van der Waals surface area contributed by atoms with Gasteiger partial charge in [0.15, 0.2) is 6.10 Å². The van der Waals surface area contributed by atoms with Crippen LogP contribution in [0.3, 0.4) is 0 Å². The fourth-order valence-corrected chi connectivity index (χ4v) is 0.951. The molecule has 0 aromatic heterocycles. The van der Waals surface area contributed by atoms with Gasteiger partial charge in [0, 0.05) is 13.0 Å². The lowest BCUT2D eigenvalue weighted by Crippen LogP contribution is -2.28. The molecule has 14 heavy (non-hydrogen) atoms. The maximum atomic E-state index is 10.7. The van der Waals surface area contributed by atoms with Gasteiger partial charge in [-0.05, 0) is 27.7 Å². The Hall–Kier alpha value is -0.610. The molecule has 0 amide bonds. The Kier molecular flexibility index (Phi) is 5.72.